The van der Waals surface area contributed by atoms with Gasteiger partial charge in [0, 0.05) is 5.57 Å². The first-order chi connectivity index (χ1) is 8.76. The average Bonchev–Trinajstić information content (AvgIpc) is 2.37. The Bertz CT molecular complexity index is 261. The summed E-state index contributed by atoms with van der Waals surface area (Å²) < 4.78 is 15.5. The minimum Gasteiger partial charge on any atom is -0.466 e. The van der Waals surface area contributed by atoms with Crippen LogP contribution in [0.5, 0.6) is 0 Å². The number of ether oxygens (including phenoxy) is 1. The third kappa shape index (κ3) is 14.2. The summed E-state index contributed by atoms with van der Waals surface area (Å²) in [5.41, 5.74) is 1.02. The second kappa shape index (κ2) is 13.0. The maximum absolute atomic E-state index is 11.0. The summed E-state index contributed by atoms with van der Waals surface area (Å²) in [7, 11) is 0.145. The van der Waals surface area contributed by atoms with Crippen LogP contribution < -0.4 is 0 Å². The number of rotatable bonds is 7. The fourth-order valence-corrected chi connectivity index (χ4v) is 3.39. The number of carbonyl (C=O) groups excluding carboxylic acids is 1. The molecule has 0 aliphatic heterocycles. The third-order valence-corrected chi connectivity index (χ3v) is 11.5. The van der Waals surface area contributed by atoms with Gasteiger partial charge in [-0.15, -0.1) is 0 Å². The molecule has 0 spiro atoms. The molecule has 19 heavy (non-hydrogen) atoms. The highest BCUT2D eigenvalue weighted by atomic mass is 28.3. The van der Waals surface area contributed by atoms with Gasteiger partial charge in [-0.25, -0.2) is 4.79 Å². The van der Waals surface area contributed by atoms with Crippen LogP contribution in [-0.2, 0) is 17.8 Å². The molecule has 0 radical (unpaired) electrons. The molecule has 0 bridgehead atoms. The molecule has 0 aromatic heterocycles. The van der Waals surface area contributed by atoms with Crippen molar-refractivity contribution in [3.05, 3.63) is 12.2 Å². The van der Waals surface area contributed by atoms with Gasteiger partial charge in [-0.3, -0.25) is 0 Å². The summed E-state index contributed by atoms with van der Waals surface area (Å²) in [6.45, 7) is 14.3. The Hall–Kier alpha value is -0.00247. The summed E-state index contributed by atoms with van der Waals surface area (Å²) in [6, 6.07) is 0. The standard InChI is InChI=1S/C9H20O3Si2.C2H10OSi2/c1-7(2)9(10)11-6-5-8(3)14(4)12-13;1-5(2)3-4/h8,14H,1,5-6H2,2-4,13H3;5H,1-2,4H3. The van der Waals surface area contributed by atoms with Crippen molar-refractivity contribution in [3.63, 3.8) is 0 Å². The minimum atomic E-state index is -1.02. The van der Waals surface area contributed by atoms with E-state index in [1.54, 1.807) is 6.92 Å². The SMILES string of the molecule is C=C(C)C(=O)OCCC(C)[SiH](C)O[SiH3].C[SiH](C)O[SiH3]. The van der Waals surface area contributed by atoms with Crippen LogP contribution in [0.1, 0.15) is 20.3 Å². The van der Waals surface area contributed by atoms with E-state index in [4.69, 9.17) is 13.0 Å². The number of carbonyl (C=O) groups is 1. The van der Waals surface area contributed by atoms with Crippen molar-refractivity contribution in [2.24, 2.45) is 0 Å². The first kappa shape index (κ1) is 21.3. The highest BCUT2D eigenvalue weighted by Gasteiger charge is 2.13. The van der Waals surface area contributed by atoms with Crippen molar-refractivity contribution < 1.29 is 17.8 Å². The molecule has 0 rings (SSSR count). The van der Waals surface area contributed by atoms with E-state index in [9.17, 15) is 4.79 Å². The Kier molecular flexibility index (Phi) is 14.6. The third-order valence-electron chi connectivity index (χ3n) is 2.80. The van der Waals surface area contributed by atoms with Crippen LogP contribution in [-0.4, -0.2) is 51.6 Å². The van der Waals surface area contributed by atoms with Gasteiger partial charge in [0.15, 0.2) is 18.1 Å². The first-order valence-electron chi connectivity index (χ1n) is 6.64. The van der Waals surface area contributed by atoms with E-state index in [1.807, 2.05) is 0 Å². The lowest BCUT2D eigenvalue weighted by atomic mass is 10.3. The summed E-state index contributed by atoms with van der Waals surface area (Å²) in [6.07, 6.45) is 0.897. The molecule has 4 nitrogen and oxygen atoms in total. The number of hydrogen-bond acceptors (Lipinski definition) is 4. The Balaban J connectivity index is 0. The topological polar surface area (TPSA) is 44.8 Å². The zero-order valence-corrected chi connectivity index (χ0v) is 19.8. The van der Waals surface area contributed by atoms with Gasteiger partial charge in [0.1, 0.15) is 21.0 Å². The highest BCUT2D eigenvalue weighted by molar-refractivity contribution is 6.55. The van der Waals surface area contributed by atoms with Crippen LogP contribution in [0.3, 0.4) is 0 Å². The molecular weight excluding hydrogens is 308 g/mol. The van der Waals surface area contributed by atoms with Gasteiger partial charge in [-0.2, -0.15) is 0 Å². The van der Waals surface area contributed by atoms with E-state index in [0.717, 1.165) is 27.4 Å². The van der Waals surface area contributed by atoms with Gasteiger partial charge in [0.2, 0.25) is 0 Å². The van der Waals surface area contributed by atoms with Gasteiger partial charge in [-0.05, 0) is 38.5 Å². The normalized spacial score (nSPS) is 13.6. The highest BCUT2D eigenvalue weighted by Crippen LogP contribution is 2.14. The molecule has 0 aliphatic rings. The maximum atomic E-state index is 11.0. The smallest absolute Gasteiger partial charge is 0.333 e. The molecule has 8 heteroatoms. The van der Waals surface area contributed by atoms with Crippen molar-refractivity contribution in [2.75, 3.05) is 6.61 Å². The van der Waals surface area contributed by atoms with E-state index in [2.05, 4.69) is 33.1 Å². The predicted octanol–water partition coefficient (Wildman–Crippen LogP) is -0.197. The molecule has 114 valence electrons. The Morgan fingerprint density at radius 3 is 2.05 bits per heavy atom. The molecule has 0 saturated heterocycles. The largest absolute Gasteiger partial charge is 0.466 e. The predicted molar refractivity (Wildman–Crippen MR) is 93.8 cm³/mol. The monoisotopic (exact) mass is 338 g/mol. The van der Waals surface area contributed by atoms with Crippen molar-refractivity contribution >= 4 is 45.0 Å². The Labute approximate surface area is 127 Å². The lowest BCUT2D eigenvalue weighted by Crippen LogP contribution is -2.19. The van der Waals surface area contributed by atoms with Crippen LogP contribution in [0.15, 0.2) is 12.2 Å². The Morgan fingerprint density at radius 2 is 1.74 bits per heavy atom. The zero-order chi connectivity index (χ0) is 15.4. The Morgan fingerprint density at radius 1 is 1.26 bits per heavy atom. The summed E-state index contributed by atoms with van der Waals surface area (Å²) in [5.74, 6) is -0.293. The van der Waals surface area contributed by atoms with Crippen molar-refractivity contribution in [1.82, 2.24) is 0 Å². The van der Waals surface area contributed by atoms with Crippen LogP contribution in [0.2, 0.25) is 25.2 Å². The van der Waals surface area contributed by atoms with Crippen molar-refractivity contribution in [2.45, 2.75) is 45.5 Å². The molecular formula is C11H30O4Si4. The summed E-state index contributed by atoms with van der Waals surface area (Å²) in [4.78, 5) is 11.0. The molecule has 0 aliphatic carbocycles. The van der Waals surface area contributed by atoms with Gasteiger partial charge >= 0.3 is 5.97 Å². The van der Waals surface area contributed by atoms with Crippen molar-refractivity contribution in [1.29, 1.82) is 0 Å². The van der Waals surface area contributed by atoms with Crippen molar-refractivity contribution in [3.8, 4) is 0 Å². The average molecular weight is 339 g/mol. The summed E-state index contributed by atoms with van der Waals surface area (Å²) in [5, 5.41) is 0. The van der Waals surface area contributed by atoms with Crippen LogP contribution in [0.25, 0.3) is 0 Å². The molecule has 2 atom stereocenters. The second-order valence-electron chi connectivity index (χ2n) is 4.91. The van der Waals surface area contributed by atoms with E-state index in [0.29, 0.717) is 17.7 Å². The number of hydrogen-bond donors (Lipinski definition) is 0. The quantitative estimate of drug-likeness (QED) is 0.366. The maximum Gasteiger partial charge on any atom is 0.333 e. The molecule has 0 saturated carbocycles. The fraction of sp³-hybridized carbons (Fsp3) is 0.727. The molecule has 0 fully saturated rings. The van der Waals surface area contributed by atoms with Gasteiger partial charge < -0.3 is 13.0 Å². The van der Waals surface area contributed by atoms with E-state index in [-0.39, 0.29) is 5.97 Å². The fourth-order valence-electron chi connectivity index (χ4n) is 0.928. The van der Waals surface area contributed by atoms with Gasteiger partial charge in [-0.1, -0.05) is 13.5 Å². The molecule has 0 aromatic carbocycles. The first-order valence-corrected chi connectivity index (χ1v) is 13.3. The van der Waals surface area contributed by atoms with Gasteiger partial charge in [0.25, 0.3) is 0 Å². The van der Waals surface area contributed by atoms with Crippen LogP contribution in [0, 0.1) is 0 Å². The minimum absolute atomic E-state index is 0.293. The summed E-state index contributed by atoms with van der Waals surface area (Å²) >= 11 is 0. The van der Waals surface area contributed by atoms with Crippen LogP contribution >= 0.6 is 0 Å². The lowest BCUT2D eigenvalue weighted by molar-refractivity contribution is -0.139. The number of esters is 1. The lowest BCUT2D eigenvalue weighted by Gasteiger charge is -2.16. The van der Waals surface area contributed by atoms with Crippen LogP contribution in [0.4, 0.5) is 0 Å². The van der Waals surface area contributed by atoms with E-state index >= 15 is 0 Å². The van der Waals surface area contributed by atoms with Gasteiger partial charge in [0.05, 0.1) is 6.61 Å². The van der Waals surface area contributed by atoms with E-state index in [1.165, 1.54) is 0 Å². The molecule has 0 aromatic rings. The molecule has 0 heterocycles. The van der Waals surface area contributed by atoms with E-state index < -0.39 is 18.1 Å². The molecule has 2 unspecified atom stereocenters. The molecule has 0 amide bonds. The molecule has 0 N–H and O–H groups in total. The second-order valence-corrected chi connectivity index (χ2v) is 13.3. The zero-order valence-electron chi connectivity index (χ0n) is 13.5.